The summed E-state index contributed by atoms with van der Waals surface area (Å²) in [6.45, 7) is 2.11. The van der Waals surface area contributed by atoms with Crippen LogP contribution in [0.2, 0.25) is 0 Å². The largest absolute Gasteiger partial charge is 0.487 e. The Balaban J connectivity index is 1.36. The SMILES string of the molecule is O=C(O)CCN1CCC2(CC1)C[C@H](NC(=O)c1cccc3cn[nH]c13)c1ccccc1O2. The molecule has 32 heavy (non-hydrogen) atoms. The zero-order valence-corrected chi connectivity index (χ0v) is 17.7. The summed E-state index contributed by atoms with van der Waals surface area (Å²) in [6.07, 6.45) is 4.13. The van der Waals surface area contributed by atoms with Crippen molar-refractivity contribution in [1.82, 2.24) is 20.4 Å². The van der Waals surface area contributed by atoms with E-state index < -0.39 is 5.97 Å². The van der Waals surface area contributed by atoms with Crippen molar-refractivity contribution in [2.75, 3.05) is 19.6 Å². The van der Waals surface area contributed by atoms with E-state index in [2.05, 4.69) is 20.4 Å². The van der Waals surface area contributed by atoms with Crippen LogP contribution in [0, 0.1) is 0 Å². The Bertz CT molecular complexity index is 1150. The fraction of sp³-hybridized carbons (Fsp3) is 0.375. The molecule has 0 bridgehead atoms. The van der Waals surface area contributed by atoms with E-state index in [1.165, 1.54) is 0 Å². The third-order valence-electron chi connectivity index (χ3n) is 6.63. The Morgan fingerprint density at radius 1 is 1.19 bits per heavy atom. The van der Waals surface area contributed by atoms with Gasteiger partial charge < -0.3 is 20.1 Å². The molecule has 3 N–H and O–H groups in total. The lowest BCUT2D eigenvalue weighted by molar-refractivity contribution is -0.137. The number of amides is 1. The normalized spacial score (nSPS) is 19.9. The number of aliphatic carboxylic acids is 1. The minimum atomic E-state index is -0.775. The summed E-state index contributed by atoms with van der Waals surface area (Å²) in [5.74, 6) is -0.110. The van der Waals surface area contributed by atoms with Crippen molar-refractivity contribution >= 4 is 22.8 Å². The fourth-order valence-corrected chi connectivity index (χ4v) is 4.89. The van der Waals surface area contributed by atoms with Gasteiger partial charge in [-0.1, -0.05) is 30.3 Å². The van der Waals surface area contributed by atoms with Crippen LogP contribution < -0.4 is 10.1 Å². The van der Waals surface area contributed by atoms with Crippen molar-refractivity contribution in [2.24, 2.45) is 0 Å². The van der Waals surface area contributed by atoms with E-state index in [1.807, 2.05) is 36.4 Å². The summed E-state index contributed by atoms with van der Waals surface area (Å²) in [4.78, 5) is 26.3. The summed E-state index contributed by atoms with van der Waals surface area (Å²) < 4.78 is 6.50. The molecule has 0 radical (unpaired) electrons. The fourth-order valence-electron chi connectivity index (χ4n) is 4.89. The van der Waals surface area contributed by atoms with E-state index >= 15 is 0 Å². The predicted octanol–water partition coefficient (Wildman–Crippen LogP) is 3.13. The molecule has 2 aliphatic rings. The molecule has 3 aromatic rings. The first-order valence-electron chi connectivity index (χ1n) is 11.0. The molecule has 1 fully saturated rings. The van der Waals surface area contributed by atoms with Gasteiger partial charge in [0.25, 0.3) is 5.91 Å². The highest BCUT2D eigenvalue weighted by molar-refractivity contribution is 6.05. The topological polar surface area (TPSA) is 108 Å². The molecule has 1 aromatic heterocycles. The molecule has 0 saturated carbocycles. The van der Waals surface area contributed by atoms with Gasteiger partial charge in [-0.05, 0) is 25.0 Å². The molecule has 0 aliphatic carbocycles. The first-order valence-corrected chi connectivity index (χ1v) is 11.0. The van der Waals surface area contributed by atoms with Crippen LogP contribution in [0.5, 0.6) is 5.75 Å². The van der Waals surface area contributed by atoms with Crippen LogP contribution in [0.25, 0.3) is 10.9 Å². The Labute approximate surface area is 185 Å². The van der Waals surface area contributed by atoms with Gasteiger partial charge in [-0.25, -0.2) is 0 Å². The average Bonchev–Trinajstić information content (AvgIpc) is 3.28. The van der Waals surface area contributed by atoms with Crippen LogP contribution in [-0.4, -0.2) is 57.3 Å². The number of likely N-dealkylation sites (tertiary alicyclic amines) is 1. The Hall–Kier alpha value is -3.39. The number of aromatic nitrogens is 2. The minimum Gasteiger partial charge on any atom is -0.487 e. The van der Waals surface area contributed by atoms with Crippen molar-refractivity contribution in [3.63, 3.8) is 0 Å². The molecule has 0 unspecified atom stereocenters. The smallest absolute Gasteiger partial charge is 0.304 e. The highest BCUT2D eigenvalue weighted by atomic mass is 16.5. The number of carboxylic acids is 1. The van der Waals surface area contributed by atoms with Crippen molar-refractivity contribution in [3.8, 4) is 5.75 Å². The first-order chi connectivity index (χ1) is 15.5. The first kappa shape index (κ1) is 20.5. The number of nitrogens with one attached hydrogen (secondary N) is 2. The van der Waals surface area contributed by atoms with Crippen LogP contribution in [0.4, 0.5) is 0 Å². The number of para-hydroxylation sites is 2. The zero-order valence-electron chi connectivity index (χ0n) is 17.7. The number of carbonyl (C=O) groups is 2. The van der Waals surface area contributed by atoms with Crippen LogP contribution in [0.15, 0.2) is 48.7 Å². The number of piperidine rings is 1. The molecule has 1 amide bonds. The third kappa shape index (κ3) is 3.93. The Morgan fingerprint density at radius 2 is 2.00 bits per heavy atom. The molecule has 5 rings (SSSR count). The van der Waals surface area contributed by atoms with Crippen molar-refractivity contribution in [3.05, 3.63) is 59.8 Å². The maximum atomic E-state index is 13.2. The maximum absolute atomic E-state index is 13.2. The van der Waals surface area contributed by atoms with Gasteiger partial charge in [0.05, 0.1) is 29.7 Å². The number of hydrogen-bond donors (Lipinski definition) is 3. The third-order valence-corrected chi connectivity index (χ3v) is 6.63. The van der Waals surface area contributed by atoms with Crippen molar-refractivity contribution < 1.29 is 19.4 Å². The van der Waals surface area contributed by atoms with E-state index in [0.717, 1.165) is 48.1 Å². The van der Waals surface area contributed by atoms with E-state index in [4.69, 9.17) is 9.84 Å². The molecule has 1 saturated heterocycles. The summed E-state index contributed by atoms with van der Waals surface area (Å²) in [5.41, 5.74) is 1.91. The van der Waals surface area contributed by atoms with E-state index in [9.17, 15) is 9.59 Å². The van der Waals surface area contributed by atoms with Crippen LogP contribution in [-0.2, 0) is 4.79 Å². The Morgan fingerprint density at radius 3 is 2.81 bits per heavy atom. The number of benzene rings is 2. The van der Waals surface area contributed by atoms with Gasteiger partial charge in [0.15, 0.2) is 0 Å². The molecule has 1 spiro atoms. The predicted molar refractivity (Wildman–Crippen MR) is 119 cm³/mol. The number of hydrogen-bond acceptors (Lipinski definition) is 5. The van der Waals surface area contributed by atoms with Crippen LogP contribution >= 0.6 is 0 Å². The molecular weight excluding hydrogens is 408 g/mol. The van der Waals surface area contributed by atoms with Crippen LogP contribution in [0.3, 0.4) is 0 Å². The number of fused-ring (bicyclic) bond motifs is 2. The second-order valence-electron chi connectivity index (χ2n) is 8.68. The Kier molecular flexibility index (Phi) is 5.30. The van der Waals surface area contributed by atoms with E-state index in [-0.39, 0.29) is 24.0 Å². The second kappa shape index (κ2) is 8.27. The number of aromatic amines is 1. The molecule has 8 nitrogen and oxygen atoms in total. The van der Waals surface area contributed by atoms with Crippen molar-refractivity contribution in [2.45, 2.75) is 37.3 Å². The molecule has 2 aliphatic heterocycles. The lowest BCUT2D eigenvalue weighted by Gasteiger charge is -2.47. The average molecular weight is 434 g/mol. The number of rotatable bonds is 5. The molecule has 3 heterocycles. The van der Waals surface area contributed by atoms with E-state index in [0.29, 0.717) is 18.5 Å². The molecule has 1 atom stereocenters. The van der Waals surface area contributed by atoms with E-state index in [1.54, 1.807) is 12.3 Å². The standard InChI is InChI=1S/C24H26N4O4/c29-21(30)8-11-28-12-9-24(10-13-28)14-19(17-5-1-2-7-20(17)32-24)26-23(31)18-6-3-4-16-15-25-27-22(16)18/h1-7,15,19H,8-14H2,(H,25,27)(H,26,31)(H,29,30)/t19-/m0/s1. The quantitative estimate of drug-likeness (QED) is 0.570. The zero-order chi connectivity index (χ0) is 22.1. The number of H-pyrrole nitrogens is 1. The number of ether oxygens (including phenoxy) is 1. The second-order valence-corrected chi connectivity index (χ2v) is 8.68. The lowest BCUT2D eigenvalue weighted by Crippen LogP contribution is -2.52. The lowest BCUT2D eigenvalue weighted by atomic mass is 9.80. The number of nitrogens with zero attached hydrogens (tertiary/aromatic N) is 2. The molecule has 2 aromatic carbocycles. The highest BCUT2D eigenvalue weighted by Crippen LogP contribution is 2.44. The van der Waals surface area contributed by atoms with Gasteiger partial charge in [-0.3, -0.25) is 14.7 Å². The van der Waals surface area contributed by atoms with Crippen LogP contribution in [0.1, 0.15) is 47.6 Å². The van der Waals surface area contributed by atoms with Gasteiger partial charge in [0.1, 0.15) is 11.4 Å². The number of carboxylic acid groups (broad SMARTS) is 1. The monoisotopic (exact) mass is 434 g/mol. The van der Waals surface area contributed by atoms with Crippen molar-refractivity contribution in [1.29, 1.82) is 0 Å². The van der Waals surface area contributed by atoms with Gasteiger partial charge in [0, 0.05) is 37.0 Å². The highest BCUT2D eigenvalue weighted by Gasteiger charge is 2.43. The molecule has 166 valence electrons. The summed E-state index contributed by atoms with van der Waals surface area (Å²) in [7, 11) is 0. The van der Waals surface area contributed by atoms with Gasteiger partial charge in [-0.15, -0.1) is 0 Å². The number of carbonyl (C=O) groups excluding carboxylic acids is 1. The summed E-state index contributed by atoms with van der Waals surface area (Å²) >= 11 is 0. The summed E-state index contributed by atoms with van der Waals surface area (Å²) in [5, 5.41) is 20.1. The molecule has 8 heteroatoms. The maximum Gasteiger partial charge on any atom is 0.304 e. The minimum absolute atomic E-state index is 0.143. The van der Waals surface area contributed by atoms with Gasteiger partial charge >= 0.3 is 5.97 Å². The van der Waals surface area contributed by atoms with Gasteiger partial charge in [-0.2, -0.15) is 5.10 Å². The summed E-state index contributed by atoms with van der Waals surface area (Å²) in [6, 6.07) is 13.3. The van der Waals surface area contributed by atoms with Gasteiger partial charge in [0.2, 0.25) is 0 Å². The molecular formula is C24H26N4O4.